The highest BCUT2D eigenvalue weighted by Gasteiger charge is 2.37. The van der Waals surface area contributed by atoms with Crippen molar-refractivity contribution in [3.63, 3.8) is 0 Å². The predicted octanol–water partition coefficient (Wildman–Crippen LogP) is 4.11. The van der Waals surface area contributed by atoms with Gasteiger partial charge in [0.15, 0.2) is 11.6 Å². The molecule has 1 aliphatic carbocycles. The third kappa shape index (κ3) is 4.70. The number of H-pyrrole nitrogens is 1. The third-order valence-corrected chi connectivity index (χ3v) is 7.33. The number of carbonyl (C=O) groups excluding carboxylic acids is 1. The normalized spacial score (nSPS) is 18.2. The summed E-state index contributed by atoms with van der Waals surface area (Å²) in [7, 11) is 0. The monoisotopic (exact) mass is 497 g/mol. The minimum atomic E-state index is -0.458. The summed E-state index contributed by atoms with van der Waals surface area (Å²) in [5, 5.41) is 17.8. The van der Waals surface area contributed by atoms with Gasteiger partial charge in [0.1, 0.15) is 5.82 Å². The maximum Gasteiger partial charge on any atom is 0.251 e. The molecule has 6 rings (SSSR count). The molecular formula is C28H28FN7O. The summed E-state index contributed by atoms with van der Waals surface area (Å²) in [6.45, 7) is 1.66. The van der Waals surface area contributed by atoms with E-state index in [1.165, 1.54) is 12.1 Å². The smallest absolute Gasteiger partial charge is 0.251 e. The molecule has 1 saturated heterocycles. The minimum Gasteiger partial charge on any atom is -0.373 e. The van der Waals surface area contributed by atoms with Crippen molar-refractivity contribution in [2.45, 2.75) is 37.3 Å². The molecule has 37 heavy (non-hydrogen) atoms. The number of hydrogen-bond donors (Lipinski definition) is 4. The van der Waals surface area contributed by atoms with Crippen LogP contribution in [0.3, 0.4) is 0 Å². The van der Waals surface area contributed by atoms with E-state index in [0.29, 0.717) is 11.4 Å². The van der Waals surface area contributed by atoms with Crippen LogP contribution in [0, 0.1) is 5.82 Å². The van der Waals surface area contributed by atoms with Gasteiger partial charge in [0.25, 0.3) is 5.91 Å². The molecule has 0 saturated carbocycles. The number of nitrogens with zero attached hydrogens (tertiary/aromatic N) is 3. The Morgan fingerprint density at radius 2 is 1.89 bits per heavy atom. The fourth-order valence-corrected chi connectivity index (χ4v) is 5.36. The van der Waals surface area contributed by atoms with Gasteiger partial charge in [0.2, 0.25) is 0 Å². The highest BCUT2D eigenvalue weighted by molar-refractivity contribution is 5.95. The van der Waals surface area contributed by atoms with Crippen molar-refractivity contribution in [2.75, 3.05) is 18.4 Å². The van der Waals surface area contributed by atoms with Gasteiger partial charge in [-0.05, 0) is 92.4 Å². The van der Waals surface area contributed by atoms with E-state index in [9.17, 15) is 9.18 Å². The first-order valence-electron chi connectivity index (χ1n) is 12.6. The van der Waals surface area contributed by atoms with E-state index in [4.69, 9.17) is 4.98 Å². The number of halogens is 1. The molecule has 2 aromatic heterocycles. The lowest BCUT2D eigenvalue weighted by atomic mass is 9.87. The van der Waals surface area contributed by atoms with Crippen LogP contribution >= 0.6 is 0 Å². The molecule has 1 aliphatic heterocycles. The molecular weight excluding hydrogens is 469 g/mol. The summed E-state index contributed by atoms with van der Waals surface area (Å²) in [5.41, 5.74) is 3.78. The second-order valence-electron chi connectivity index (χ2n) is 9.69. The molecule has 0 spiro atoms. The van der Waals surface area contributed by atoms with Crippen molar-refractivity contribution in [3.8, 4) is 11.4 Å². The summed E-state index contributed by atoms with van der Waals surface area (Å²) < 4.78 is 13.8. The zero-order chi connectivity index (χ0) is 25.2. The van der Waals surface area contributed by atoms with Crippen LogP contribution in [0.2, 0.25) is 0 Å². The van der Waals surface area contributed by atoms with Crippen LogP contribution in [0.5, 0.6) is 0 Å². The van der Waals surface area contributed by atoms with Gasteiger partial charge in [-0.3, -0.25) is 14.9 Å². The molecule has 0 bridgehead atoms. The fourth-order valence-electron chi connectivity index (χ4n) is 5.36. The second-order valence-corrected chi connectivity index (χ2v) is 9.69. The summed E-state index contributed by atoms with van der Waals surface area (Å²) in [6, 6.07) is 15.9. The van der Waals surface area contributed by atoms with E-state index in [1.54, 1.807) is 18.5 Å². The standard InChI is InChI=1S/C28H28FN7O/c29-21-6-4-18-5-7-24(23(18)17-21)32-26(37)20-2-1-3-22(16-20)34-28(10-14-31-15-11-28)27-33-25(35-36-27)19-8-12-30-13-9-19/h1-4,6,8-9,12-13,16-17,24,31,34H,5,7,10-11,14-15H2,(H,32,37)(H,33,35,36). The average molecular weight is 498 g/mol. The number of nitrogens with one attached hydrogen (secondary N) is 4. The maximum atomic E-state index is 13.8. The number of hydrogen-bond acceptors (Lipinski definition) is 6. The number of carbonyl (C=O) groups is 1. The van der Waals surface area contributed by atoms with Crippen LogP contribution in [0.15, 0.2) is 67.0 Å². The Hall–Kier alpha value is -4.11. The lowest BCUT2D eigenvalue weighted by Gasteiger charge is -2.37. The summed E-state index contributed by atoms with van der Waals surface area (Å²) in [6.07, 6.45) is 6.65. The summed E-state index contributed by atoms with van der Waals surface area (Å²) in [4.78, 5) is 22.1. The van der Waals surface area contributed by atoms with E-state index in [1.807, 2.05) is 36.4 Å². The number of fused-ring (bicyclic) bond motifs is 1. The average Bonchev–Trinajstić information content (AvgIpc) is 3.58. The van der Waals surface area contributed by atoms with Crippen molar-refractivity contribution in [1.82, 2.24) is 30.8 Å². The van der Waals surface area contributed by atoms with Gasteiger partial charge in [0, 0.05) is 29.2 Å². The van der Waals surface area contributed by atoms with Crippen molar-refractivity contribution < 1.29 is 9.18 Å². The van der Waals surface area contributed by atoms with E-state index < -0.39 is 5.54 Å². The van der Waals surface area contributed by atoms with Gasteiger partial charge in [-0.15, -0.1) is 0 Å². The molecule has 1 amide bonds. The van der Waals surface area contributed by atoms with E-state index in [2.05, 4.69) is 31.1 Å². The van der Waals surface area contributed by atoms with Crippen molar-refractivity contribution in [2.24, 2.45) is 0 Å². The molecule has 188 valence electrons. The van der Waals surface area contributed by atoms with Crippen LogP contribution in [-0.4, -0.2) is 39.2 Å². The zero-order valence-corrected chi connectivity index (χ0v) is 20.3. The Morgan fingerprint density at radius 1 is 1.05 bits per heavy atom. The summed E-state index contributed by atoms with van der Waals surface area (Å²) in [5.74, 6) is 0.932. The van der Waals surface area contributed by atoms with Gasteiger partial charge in [0.05, 0.1) is 11.6 Å². The van der Waals surface area contributed by atoms with Crippen LogP contribution in [0.1, 0.15) is 52.6 Å². The predicted molar refractivity (Wildman–Crippen MR) is 138 cm³/mol. The number of benzene rings is 2. The number of rotatable bonds is 6. The molecule has 2 aliphatic rings. The van der Waals surface area contributed by atoms with Gasteiger partial charge in [-0.2, -0.15) is 5.10 Å². The SMILES string of the molecule is O=C(NC1CCc2ccc(F)cc21)c1cccc(NC2(c3nc(-c4ccncc4)n[nH]3)CCNCC2)c1. The van der Waals surface area contributed by atoms with Crippen LogP contribution in [-0.2, 0) is 12.0 Å². The molecule has 0 radical (unpaired) electrons. The molecule has 1 unspecified atom stereocenters. The topological polar surface area (TPSA) is 108 Å². The Balaban J connectivity index is 1.23. The Morgan fingerprint density at radius 3 is 2.73 bits per heavy atom. The number of amides is 1. The van der Waals surface area contributed by atoms with E-state index in [-0.39, 0.29) is 17.8 Å². The number of pyridine rings is 1. The maximum absolute atomic E-state index is 13.8. The van der Waals surface area contributed by atoms with Gasteiger partial charge in [-0.25, -0.2) is 9.37 Å². The molecule has 1 fully saturated rings. The highest BCUT2D eigenvalue weighted by atomic mass is 19.1. The number of aromatic nitrogens is 4. The lowest BCUT2D eigenvalue weighted by Crippen LogP contribution is -2.46. The zero-order valence-electron chi connectivity index (χ0n) is 20.3. The van der Waals surface area contributed by atoms with Crippen molar-refractivity contribution >= 4 is 11.6 Å². The first-order valence-corrected chi connectivity index (χ1v) is 12.6. The number of piperidine rings is 1. The quantitative estimate of drug-likeness (QED) is 0.319. The van der Waals surface area contributed by atoms with Gasteiger partial charge in [-0.1, -0.05) is 12.1 Å². The first kappa shape index (κ1) is 23.3. The molecule has 4 aromatic rings. The van der Waals surface area contributed by atoms with Crippen LogP contribution in [0.25, 0.3) is 11.4 Å². The molecule has 9 heteroatoms. The van der Waals surface area contributed by atoms with Crippen LogP contribution < -0.4 is 16.0 Å². The molecule has 2 aromatic carbocycles. The van der Waals surface area contributed by atoms with Crippen molar-refractivity contribution in [3.05, 3.63) is 95.3 Å². The van der Waals surface area contributed by atoms with Gasteiger partial charge >= 0.3 is 0 Å². The largest absolute Gasteiger partial charge is 0.373 e. The van der Waals surface area contributed by atoms with Gasteiger partial charge < -0.3 is 16.0 Å². The molecule has 4 N–H and O–H groups in total. The number of anilines is 1. The summed E-state index contributed by atoms with van der Waals surface area (Å²) >= 11 is 0. The third-order valence-electron chi connectivity index (χ3n) is 7.33. The highest BCUT2D eigenvalue weighted by Crippen LogP contribution is 2.35. The Kier molecular flexibility index (Phi) is 6.13. The number of aryl methyl sites for hydroxylation is 1. The minimum absolute atomic E-state index is 0.176. The molecule has 3 heterocycles. The molecule has 1 atom stereocenters. The Bertz CT molecular complexity index is 1420. The Labute approximate surface area is 214 Å². The molecule has 8 nitrogen and oxygen atoms in total. The van der Waals surface area contributed by atoms with Crippen molar-refractivity contribution in [1.29, 1.82) is 0 Å². The first-order chi connectivity index (χ1) is 18.1. The van der Waals surface area contributed by atoms with E-state index in [0.717, 1.165) is 67.0 Å². The number of aromatic amines is 1. The second kappa shape index (κ2) is 9.74. The fraction of sp³-hybridized carbons (Fsp3) is 0.286. The van der Waals surface area contributed by atoms with E-state index >= 15 is 0 Å². The van der Waals surface area contributed by atoms with Crippen LogP contribution in [0.4, 0.5) is 10.1 Å². The lowest BCUT2D eigenvalue weighted by molar-refractivity contribution is 0.0936.